The lowest BCUT2D eigenvalue weighted by Gasteiger charge is -2.19. The van der Waals surface area contributed by atoms with Gasteiger partial charge in [0.05, 0.1) is 10.6 Å². The predicted molar refractivity (Wildman–Crippen MR) is 96.3 cm³/mol. The second-order valence-corrected chi connectivity index (χ2v) is 8.20. The van der Waals surface area contributed by atoms with Crippen molar-refractivity contribution < 1.29 is 8.42 Å². The molecule has 0 saturated heterocycles. The molecule has 0 saturated carbocycles. The summed E-state index contributed by atoms with van der Waals surface area (Å²) in [6.45, 7) is 0.212. The third-order valence-electron chi connectivity index (χ3n) is 3.69. The van der Waals surface area contributed by atoms with E-state index in [0.717, 1.165) is 21.2 Å². The van der Waals surface area contributed by atoms with Crippen LogP contribution < -0.4 is 10.0 Å². The van der Waals surface area contributed by atoms with E-state index in [1.54, 1.807) is 42.7 Å². The molecule has 0 fully saturated rings. The second kappa shape index (κ2) is 6.47. The molecule has 8 heteroatoms. The van der Waals surface area contributed by atoms with E-state index in [1.807, 2.05) is 18.2 Å². The largest absolute Gasteiger partial charge is 0.337 e. The molecule has 0 amide bonds. The Balaban J connectivity index is 1.52. The van der Waals surface area contributed by atoms with Crippen LogP contribution in [-0.4, -0.2) is 18.4 Å². The molecule has 0 aliphatic carbocycles. The molecule has 0 bridgehead atoms. The number of sulfonamides is 1. The quantitative estimate of drug-likeness (QED) is 0.574. The SMILES string of the molecule is O=S(=O)(NCc1ccc2c(c1)Nc1nccnc1S2)c1ccccc1. The molecule has 126 valence electrons. The van der Waals surface area contributed by atoms with Crippen LogP contribution >= 0.6 is 11.8 Å². The molecule has 2 heterocycles. The van der Waals surface area contributed by atoms with Gasteiger partial charge in [0.2, 0.25) is 10.0 Å². The number of rotatable bonds is 4. The predicted octanol–water partition coefficient (Wildman–Crippen LogP) is 3.16. The van der Waals surface area contributed by atoms with Crippen LogP contribution in [0.4, 0.5) is 11.5 Å². The van der Waals surface area contributed by atoms with Crippen molar-refractivity contribution in [1.29, 1.82) is 0 Å². The molecule has 0 atom stereocenters. The minimum atomic E-state index is -3.53. The lowest BCUT2D eigenvalue weighted by Crippen LogP contribution is -2.23. The van der Waals surface area contributed by atoms with E-state index in [2.05, 4.69) is 20.0 Å². The van der Waals surface area contributed by atoms with Gasteiger partial charge >= 0.3 is 0 Å². The van der Waals surface area contributed by atoms with Crippen molar-refractivity contribution in [2.75, 3.05) is 5.32 Å². The van der Waals surface area contributed by atoms with Gasteiger partial charge in [0.25, 0.3) is 0 Å². The van der Waals surface area contributed by atoms with Crippen molar-refractivity contribution in [3.63, 3.8) is 0 Å². The van der Waals surface area contributed by atoms with Crippen LogP contribution in [0.3, 0.4) is 0 Å². The molecular formula is C17H14N4O2S2. The maximum atomic E-state index is 12.3. The minimum absolute atomic E-state index is 0.212. The average Bonchev–Trinajstić information content (AvgIpc) is 2.65. The van der Waals surface area contributed by atoms with E-state index in [9.17, 15) is 8.42 Å². The van der Waals surface area contributed by atoms with Gasteiger partial charge in [-0.2, -0.15) is 0 Å². The summed E-state index contributed by atoms with van der Waals surface area (Å²) >= 11 is 1.54. The fourth-order valence-corrected chi connectivity index (χ4v) is 4.37. The number of aromatic nitrogens is 2. The molecule has 1 aliphatic heterocycles. The van der Waals surface area contributed by atoms with Gasteiger partial charge in [-0.1, -0.05) is 36.0 Å². The van der Waals surface area contributed by atoms with Gasteiger partial charge in [0, 0.05) is 23.8 Å². The highest BCUT2D eigenvalue weighted by atomic mass is 32.2. The topological polar surface area (TPSA) is 84.0 Å². The van der Waals surface area contributed by atoms with Gasteiger partial charge in [0.15, 0.2) is 5.82 Å². The number of nitrogens with zero attached hydrogens (tertiary/aromatic N) is 2. The standard InChI is InChI=1S/C17H14N4O2S2/c22-25(23,13-4-2-1-3-5-13)20-11-12-6-7-15-14(10-12)21-16-17(24-15)19-9-8-18-16/h1-10,20H,11H2,(H,18,21). The van der Waals surface area contributed by atoms with Gasteiger partial charge in [0.1, 0.15) is 5.03 Å². The average molecular weight is 370 g/mol. The molecule has 6 nitrogen and oxygen atoms in total. The van der Waals surface area contributed by atoms with E-state index in [0.29, 0.717) is 5.82 Å². The monoisotopic (exact) mass is 370 g/mol. The summed E-state index contributed by atoms with van der Waals surface area (Å²) in [7, 11) is -3.53. The molecule has 2 aromatic carbocycles. The van der Waals surface area contributed by atoms with Crippen LogP contribution in [-0.2, 0) is 16.6 Å². The number of hydrogen-bond acceptors (Lipinski definition) is 6. The van der Waals surface area contributed by atoms with Crippen LogP contribution in [0.15, 0.2) is 75.7 Å². The number of hydrogen-bond donors (Lipinski definition) is 2. The normalized spacial score (nSPS) is 12.8. The van der Waals surface area contributed by atoms with Crippen molar-refractivity contribution in [3.05, 3.63) is 66.5 Å². The van der Waals surface area contributed by atoms with Gasteiger partial charge < -0.3 is 5.32 Å². The zero-order chi connectivity index (χ0) is 17.3. The highest BCUT2D eigenvalue weighted by molar-refractivity contribution is 7.99. The fourth-order valence-electron chi connectivity index (χ4n) is 2.45. The minimum Gasteiger partial charge on any atom is -0.337 e. The van der Waals surface area contributed by atoms with E-state index in [-0.39, 0.29) is 11.4 Å². The highest BCUT2D eigenvalue weighted by Gasteiger charge is 2.18. The number of benzene rings is 2. The summed E-state index contributed by atoms with van der Waals surface area (Å²) in [5, 5.41) is 4.06. The summed E-state index contributed by atoms with van der Waals surface area (Å²) in [6.07, 6.45) is 3.29. The third kappa shape index (κ3) is 3.37. The zero-order valence-corrected chi connectivity index (χ0v) is 14.6. The molecular weight excluding hydrogens is 356 g/mol. The van der Waals surface area contributed by atoms with Crippen molar-refractivity contribution >= 4 is 33.3 Å². The molecule has 0 radical (unpaired) electrons. The number of anilines is 2. The summed E-state index contributed by atoms with van der Waals surface area (Å²) < 4.78 is 27.2. The van der Waals surface area contributed by atoms with Crippen LogP contribution in [0, 0.1) is 0 Å². The van der Waals surface area contributed by atoms with Crippen LogP contribution in [0.1, 0.15) is 5.56 Å². The van der Waals surface area contributed by atoms with Gasteiger partial charge in [-0.15, -0.1) is 0 Å². The van der Waals surface area contributed by atoms with Crippen LogP contribution in [0.5, 0.6) is 0 Å². The molecule has 4 rings (SSSR count). The second-order valence-electron chi connectivity index (χ2n) is 5.41. The molecule has 0 unspecified atom stereocenters. The Labute approximate surface area is 149 Å². The summed E-state index contributed by atoms with van der Waals surface area (Å²) in [5.41, 5.74) is 1.76. The first-order valence-corrected chi connectivity index (χ1v) is 9.85. The first kappa shape index (κ1) is 16.1. The summed E-state index contributed by atoms with van der Waals surface area (Å²) in [6, 6.07) is 14.1. The van der Waals surface area contributed by atoms with E-state index in [4.69, 9.17) is 0 Å². The van der Waals surface area contributed by atoms with Crippen molar-refractivity contribution in [2.24, 2.45) is 0 Å². The summed E-state index contributed by atoms with van der Waals surface area (Å²) in [5.74, 6) is 0.710. The Kier molecular flexibility index (Phi) is 4.16. The van der Waals surface area contributed by atoms with Gasteiger partial charge in [-0.3, -0.25) is 0 Å². The lowest BCUT2D eigenvalue weighted by molar-refractivity contribution is 0.581. The van der Waals surface area contributed by atoms with E-state index in [1.165, 1.54) is 11.8 Å². The Hall–Kier alpha value is -2.42. The maximum Gasteiger partial charge on any atom is 0.240 e. The van der Waals surface area contributed by atoms with Crippen molar-refractivity contribution in [1.82, 2.24) is 14.7 Å². The van der Waals surface area contributed by atoms with Crippen molar-refractivity contribution in [2.45, 2.75) is 21.4 Å². The Morgan fingerprint density at radius 2 is 1.84 bits per heavy atom. The third-order valence-corrected chi connectivity index (χ3v) is 6.17. The Bertz CT molecular complexity index is 1020. The lowest BCUT2D eigenvalue weighted by atomic mass is 10.2. The highest BCUT2D eigenvalue weighted by Crippen LogP contribution is 2.41. The molecule has 2 N–H and O–H groups in total. The Morgan fingerprint density at radius 1 is 1.04 bits per heavy atom. The molecule has 1 aromatic heterocycles. The zero-order valence-electron chi connectivity index (χ0n) is 13.0. The van der Waals surface area contributed by atoms with E-state index >= 15 is 0 Å². The number of fused-ring (bicyclic) bond motifs is 2. The van der Waals surface area contributed by atoms with Crippen LogP contribution in [0.2, 0.25) is 0 Å². The first-order valence-electron chi connectivity index (χ1n) is 7.55. The number of nitrogens with one attached hydrogen (secondary N) is 2. The first-order chi connectivity index (χ1) is 12.1. The van der Waals surface area contributed by atoms with E-state index < -0.39 is 10.0 Å². The molecule has 1 aliphatic rings. The molecule has 25 heavy (non-hydrogen) atoms. The van der Waals surface area contributed by atoms with Crippen LogP contribution in [0.25, 0.3) is 0 Å². The van der Waals surface area contributed by atoms with Crippen molar-refractivity contribution in [3.8, 4) is 0 Å². The molecule has 3 aromatic rings. The smallest absolute Gasteiger partial charge is 0.240 e. The molecule has 0 spiro atoms. The summed E-state index contributed by atoms with van der Waals surface area (Å²) in [4.78, 5) is 9.84. The maximum absolute atomic E-state index is 12.3. The fraction of sp³-hybridized carbons (Fsp3) is 0.0588. The van der Waals surface area contributed by atoms with Gasteiger partial charge in [-0.05, 0) is 29.8 Å². The Morgan fingerprint density at radius 3 is 2.68 bits per heavy atom. The van der Waals surface area contributed by atoms with Gasteiger partial charge in [-0.25, -0.2) is 23.1 Å².